The van der Waals surface area contributed by atoms with Gasteiger partial charge in [-0.2, -0.15) is 0 Å². The number of methoxy groups -OCH3 is 1. The van der Waals surface area contributed by atoms with Crippen LogP contribution in [0.15, 0.2) is 42.5 Å². The summed E-state index contributed by atoms with van der Waals surface area (Å²) in [6.07, 6.45) is 4.17. The fraction of sp³-hybridized carbons (Fsp3) is 0.391. The van der Waals surface area contributed by atoms with Crippen molar-refractivity contribution in [3.63, 3.8) is 0 Å². The third kappa shape index (κ3) is 3.26. The van der Waals surface area contributed by atoms with Gasteiger partial charge >= 0.3 is 0 Å². The molecular weight excluding hydrogens is 352 g/mol. The largest absolute Gasteiger partial charge is 0.496 e. The maximum atomic E-state index is 13.2. The summed E-state index contributed by atoms with van der Waals surface area (Å²) in [5.41, 5.74) is 3.07. The van der Waals surface area contributed by atoms with Crippen LogP contribution in [0.25, 0.3) is 0 Å². The molecule has 1 heterocycles. The minimum Gasteiger partial charge on any atom is -0.496 e. The van der Waals surface area contributed by atoms with E-state index in [1.165, 1.54) is 0 Å². The highest BCUT2D eigenvalue weighted by atomic mass is 16.5. The van der Waals surface area contributed by atoms with Crippen LogP contribution >= 0.6 is 0 Å². The first-order chi connectivity index (χ1) is 13.5. The number of benzene rings is 2. The van der Waals surface area contributed by atoms with Crippen LogP contribution in [0.4, 0.5) is 11.4 Å². The Morgan fingerprint density at radius 3 is 2.64 bits per heavy atom. The Hall–Kier alpha value is -2.82. The second-order valence-electron chi connectivity index (χ2n) is 7.74. The molecule has 0 atom stereocenters. The average Bonchev–Trinajstić information content (AvgIpc) is 3.52. The van der Waals surface area contributed by atoms with E-state index in [-0.39, 0.29) is 11.8 Å². The van der Waals surface area contributed by atoms with Crippen molar-refractivity contribution in [1.82, 2.24) is 0 Å². The normalized spacial score (nSPS) is 17.9. The van der Waals surface area contributed by atoms with Crippen molar-refractivity contribution in [2.45, 2.75) is 44.4 Å². The number of hydrogen-bond donors (Lipinski definition) is 1. The summed E-state index contributed by atoms with van der Waals surface area (Å²) in [6.45, 7) is 2.74. The number of carbonyl (C=O) groups excluding carboxylic acids is 2. The third-order valence-electron chi connectivity index (χ3n) is 5.89. The lowest BCUT2D eigenvalue weighted by molar-refractivity contribution is -0.119. The van der Waals surface area contributed by atoms with Gasteiger partial charge in [-0.25, -0.2) is 0 Å². The first-order valence-electron chi connectivity index (χ1n) is 9.91. The Bertz CT molecular complexity index is 918. The Labute approximate surface area is 165 Å². The van der Waals surface area contributed by atoms with Crippen LogP contribution in [0.5, 0.6) is 5.75 Å². The van der Waals surface area contributed by atoms with E-state index in [1.54, 1.807) is 7.11 Å². The fourth-order valence-electron chi connectivity index (χ4n) is 4.07. The number of aryl methyl sites for hydroxylation is 1. The van der Waals surface area contributed by atoms with Gasteiger partial charge in [0.05, 0.1) is 12.5 Å². The smallest absolute Gasteiger partial charge is 0.235 e. The Kier molecular flexibility index (Phi) is 4.84. The summed E-state index contributed by atoms with van der Waals surface area (Å²) >= 11 is 0. The van der Waals surface area contributed by atoms with E-state index in [0.29, 0.717) is 6.42 Å². The van der Waals surface area contributed by atoms with Gasteiger partial charge in [-0.1, -0.05) is 24.3 Å². The minimum atomic E-state index is -0.529. The first-order valence-corrected chi connectivity index (χ1v) is 9.91. The number of piperidine rings is 1. The molecule has 2 aromatic carbocycles. The number of hydrogen-bond acceptors (Lipinski definition) is 3. The lowest BCUT2D eigenvalue weighted by Gasteiger charge is -2.28. The van der Waals surface area contributed by atoms with Crippen LogP contribution in [0.1, 0.15) is 43.2 Å². The number of rotatable bonds is 5. The summed E-state index contributed by atoms with van der Waals surface area (Å²) in [5.74, 6) is 0.890. The minimum absolute atomic E-state index is 0.0169. The van der Waals surface area contributed by atoms with Crippen molar-refractivity contribution in [2.24, 2.45) is 0 Å². The van der Waals surface area contributed by atoms with E-state index in [9.17, 15) is 9.59 Å². The van der Waals surface area contributed by atoms with Crippen LogP contribution in [0.2, 0.25) is 0 Å². The van der Waals surface area contributed by atoms with Gasteiger partial charge < -0.3 is 15.0 Å². The molecule has 28 heavy (non-hydrogen) atoms. The molecule has 2 aliphatic rings. The van der Waals surface area contributed by atoms with Gasteiger partial charge in [-0.15, -0.1) is 0 Å². The molecule has 2 amide bonds. The molecule has 1 saturated carbocycles. The van der Waals surface area contributed by atoms with E-state index in [2.05, 4.69) is 5.32 Å². The quantitative estimate of drug-likeness (QED) is 0.849. The molecule has 0 bridgehead atoms. The molecule has 0 radical (unpaired) electrons. The molecule has 1 aliphatic heterocycles. The molecule has 146 valence electrons. The highest BCUT2D eigenvalue weighted by Crippen LogP contribution is 2.52. The van der Waals surface area contributed by atoms with Gasteiger partial charge in [0.25, 0.3) is 0 Å². The molecule has 1 N–H and O–H groups in total. The number of carbonyl (C=O) groups is 2. The first kappa shape index (κ1) is 18.5. The number of anilines is 2. The Morgan fingerprint density at radius 1 is 1.14 bits per heavy atom. The van der Waals surface area contributed by atoms with E-state index >= 15 is 0 Å². The van der Waals surface area contributed by atoms with Crippen LogP contribution in [-0.2, 0) is 15.0 Å². The topological polar surface area (TPSA) is 58.6 Å². The summed E-state index contributed by atoms with van der Waals surface area (Å²) in [4.78, 5) is 27.3. The van der Waals surface area contributed by atoms with Gasteiger partial charge in [0, 0.05) is 29.9 Å². The molecule has 0 unspecified atom stereocenters. The molecular formula is C23H26N2O3. The monoisotopic (exact) mass is 378 g/mol. The Morgan fingerprint density at radius 2 is 1.93 bits per heavy atom. The predicted octanol–water partition coefficient (Wildman–Crippen LogP) is 4.19. The van der Waals surface area contributed by atoms with Gasteiger partial charge in [0.15, 0.2) is 0 Å². The highest BCUT2D eigenvalue weighted by molar-refractivity contribution is 6.03. The zero-order chi connectivity index (χ0) is 19.7. The van der Waals surface area contributed by atoms with E-state index in [4.69, 9.17) is 4.74 Å². The summed E-state index contributed by atoms with van der Waals surface area (Å²) < 4.78 is 5.47. The molecule has 1 saturated heterocycles. The lowest BCUT2D eigenvalue weighted by atomic mass is 9.93. The molecule has 1 aliphatic carbocycles. The van der Waals surface area contributed by atoms with Crippen LogP contribution < -0.4 is 15.0 Å². The van der Waals surface area contributed by atoms with Crippen molar-refractivity contribution >= 4 is 23.2 Å². The zero-order valence-corrected chi connectivity index (χ0v) is 16.5. The van der Waals surface area contributed by atoms with Crippen LogP contribution in [0.3, 0.4) is 0 Å². The zero-order valence-electron chi connectivity index (χ0n) is 16.5. The van der Waals surface area contributed by atoms with Crippen molar-refractivity contribution in [3.05, 3.63) is 53.6 Å². The summed E-state index contributed by atoms with van der Waals surface area (Å²) in [7, 11) is 1.63. The number of nitrogens with zero attached hydrogens (tertiary/aromatic N) is 1. The van der Waals surface area contributed by atoms with Crippen molar-refractivity contribution in [1.29, 1.82) is 0 Å². The van der Waals surface area contributed by atoms with Crippen molar-refractivity contribution < 1.29 is 14.3 Å². The SMILES string of the molecule is COc1ccccc1C1(C(=O)Nc2ccc(C)c(N3CCCCC3=O)c2)CC1. The van der Waals surface area contributed by atoms with E-state index in [0.717, 1.165) is 60.5 Å². The number of ether oxygens (including phenoxy) is 1. The average molecular weight is 378 g/mol. The number of nitrogens with one attached hydrogen (secondary N) is 1. The van der Waals surface area contributed by atoms with Gasteiger partial charge in [-0.3, -0.25) is 9.59 Å². The molecule has 0 aromatic heterocycles. The third-order valence-corrected chi connectivity index (χ3v) is 5.89. The number of para-hydroxylation sites is 1. The summed E-state index contributed by atoms with van der Waals surface area (Å²) in [6, 6.07) is 13.5. The van der Waals surface area contributed by atoms with Crippen LogP contribution in [-0.4, -0.2) is 25.5 Å². The second-order valence-corrected chi connectivity index (χ2v) is 7.74. The van der Waals surface area contributed by atoms with Gasteiger partial charge in [0.1, 0.15) is 5.75 Å². The van der Waals surface area contributed by atoms with Crippen LogP contribution in [0, 0.1) is 6.92 Å². The van der Waals surface area contributed by atoms with Gasteiger partial charge in [0.2, 0.25) is 11.8 Å². The number of amides is 2. The molecule has 5 nitrogen and oxygen atoms in total. The Balaban J connectivity index is 1.58. The van der Waals surface area contributed by atoms with E-state index < -0.39 is 5.41 Å². The fourth-order valence-corrected chi connectivity index (χ4v) is 4.07. The predicted molar refractivity (Wildman–Crippen MR) is 110 cm³/mol. The maximum absolute atomic E-state index is 13.2. The molecule has 2 fully saturated rings. The summed E-state index contributed by atoms with van der Waals surface area (Å²) in [5, 5.41) is 3.08. The molecule has 4 rings (SSSR count). The van der Waals surface area contributed by atoms with Crippen molar-refractivity contribution in [2.75, 3.05) is 23.9 Å². The van der Waals surface area contributed by atoms with Crippen molar-refractivity contribution in [3.8, 4) is 5.75 Å². The van der Waals surface area contributed by atoms with E-state index in [1.807, 2.05) is 54.3 Å². The molecule has 5 heteroatoms. The highest BCUT2D eigenvalue weighted by Gasteiger charge is 2.52. The standard InChI is InChI=1S/C23H26N2O3/c1-16-10-11-17(15-19(16)25-14-6-5-9-21(25)26)24-22(27)23(12-13-23)18-7-3-4-8-20(18)28-2/h3-4,7-8,10-11,15H,5-6,9,12-14H2,1-2H3,(H,24,27). The maximum Gasteiger partial charge on any atom is 0.235 e. The van der Waals surface area contributed by atoms with Gasteiger partial charge in [-0.05, 0) is 56.4 Å². The molecule has 2 aromatic rings. The lowest BCUT2D eigenvalue weighted by Crippen LogP contribution is -2.35. The molecule has 0 spiro atoms. The second kappa shape index (κ2) is 7.30.